The highest BCUT2D eigenvalue weighted by molar-refractivity contribution is 5.04. The average Bonchev–Trinajstić information content (AvgIpc) is 2.71. The maximum absolute atomic E-state index is 5.74. The fourth-order valence-electron chi connectivity index (χ4n) is 2.96. The summed E-state index contributed by atoms with van der Waals surface area (Å²) in [5, 5.41) is 8.63. The Hall–Kier alpha value is -0.900. The van der Waals surface area contributed by atoms with Crippen LogP contribution in [0.4, 0.5) is 0 Å². The number of aryl methyl sites for hydroxylation is 1. The molecule has 0 unspecified atom stereocenters. The van der Waals surface area contributed by atoms with Gasteiger partial charge in [-0.2, -0.15) is 0 Å². The number of aromatic nitrogens is 3. The van der Waals surface area contributed by atoms with E-state index in [4.69, 9.17) is 5.73 Å². The largest absolute Gasteiger partial charge is 0.330 e. The van der Waals surface area contributed by atoms with Gasteiger partial charge >= 0.3 is 0 Å². The van der Waals surface area contributed by atoms with Gasteiger partial charge in [-0.25, -0.2) is 0 Å². The highest BCUT2D eigenvalue weighted by Gasteiger charge is 2.26. The first kappa shape index (κ1) is 12.6. The molecule has 0 amide bonds. The molecule has 1 fully saturated rings. The number of nitrogens with two attached hydrogens (primary N) is 1. The molecule has 4 heteroatoms. The monoisotopic (exact) mass is 236 g/mol. The van der Waals surface area contributed by atoms with Gasteiger partial charge in [-0.05, 0) is 58.9 Å². The molecular formula is C13H24N4. The molecule has 96 valence electrons. The molecule has 0 bridgehead atoms. The predicted octanol–water partition coefficient (Wildman–Crippen LogP) is 2.40. The summed E-state index contributed by atoms with van der Waals surface area (Å²) in [6.45, 7) is 7.28. The van der Waals surface area contributed by atoms with Gasteiger partial charge in [-0.3, -0.25) is 0 Å². The molecule has 0 atom stereocenters. The molecule has 17 heavy (non-hydrogen) atoms. The number of rotatable bonds is 3. The van der Waals surface area contributed by atoms with Crippen LogP contribution in [0.25, 0.3) is 0 Å². The Bertz CT molecular complexity index is 361. The highest BCUT2D eigenvalue weighted by Crippen LogP contribution is 2.35. The van der Waals surface area contributed by atoms with Crippen LogP contribution in [-0.4, -0.2) is 21.3 Å². The van der Waals surface area contributed by atoms with Crippen molar-refractivity contribution in [2.24, 2.45) is 11.7 Å². The fourth-order valence-corrected chi connectivity index (χ4v) is 2.96. The number of nitrogens with zero attached hydrogens (tertiary/aromatic N) is 3. The number of hydrogen-bond acceptors (Lipinski definition) is 3. The van der Waals surface area contributed by atoms with Gasteiger partial charge in [0.25, 0.3) is 0 Å². The Morgan fingerprint density at radius 2 is 1.88 bits per heavy atom. The zero-order valence-corrected chi connectivity index (χ0v) is 11.2. The van der Waals surface area contributed by atoms with Crippen LogP contribution in [0.15, 0.2) is 0 Å². The quantitative estimate of drug-likeness (QED) is 0.876. The first-order valence-corrected chi connectivity index (χ1v) is 6.75. The van der Waals surface area contributed by atoms with Crippen molar-refractivity contribution in [2.75, 3.05) is 6.54 Å². The van der Waals surface area contributed by atoms with Crippen molar-refractivity contribution in [3.05, 3.63) is 11.6 Å². The van der Waals surface area contributed by atoms with Gasteiger partial charge in [0.2, 0.25) is 0 Å². The van der Waals surface area contributed by atoms with Gasteiger partial charge in [0.1, 0.15) is 11.6 Å². The molecule has 0 saturated heterocycles. The van der Waals surface area contributed by atoms with E-state index in [0.717, 1.165) is 18.3 Å². The molecule has 2 N–H and O–H groups in total. The van der Waals surface area contributed by atoms with Crippen molar-refractivity contribution in [3.8, 4) is 0 Å². The van der Waals surface area contributed by atoms with Crippen molar-refractivity contribution in [1.29, 1.82) is 0 Å². The molecule has 0 spiro atoms. The van der Waals surface area contributed by atoms with Crippen molar-refractivity contribution in [3.63, 3.8) is 0 Å². The Labute approximate surface area is 104 Å². The predicted molar refractivity (Wildman–Crippen MR) is 68.9 cm³/mol. The molecule has 1 aliphatic rings. The van der Waals surface area contributed by atoms with E-state index >= 15 is 0 Å². The molecule has 1 saturated carbocycles. The SMILES string of the molecule is Cc1nnc(C2CCC(CN)CC2)n1C(C)C. The molecule has 4 nitrogen and oxygen atoms in total. The summed E-state index contributed by atoms with van der Waals surface area (Å²) >= 11 is 0. The zero-order valence-electron chi connectivity index (χ0n) is 11.2. The van der Waals surface area contributed by atoms with E-state index in [2.05, 4.69) is 28.6 Å². The minimum atomic E-state index is 0.451. The highest BCUT2D eigenvalue weighted by atomic mass is 15.3. The third-order valence-corrected chi connectivity index (χ3v) is 3.95. The second kappa shape index (κ2) is 5.17. The Morgan fingerprint density at radius 1 is 1.24 bits per heavy atom. The lowest BCUT2D eigenvalue weighted by Crippen LogP contribution is -2.22. The van der Waals surface area contributed by atoms with E-state index in [-0.39, 0.29) is 0 Å². The lowest BCUT2D eigenvalue weighted by atomic mass is 9.81. The van der Waals surface area contributed by atoms with Crippen LogP contribution in [0.3, 0.4) is 0 Å². The van der Waals surface area contributed by atoms with Crippen LogP contribution in [0.2, 0.25) is 0 Å². The van der Waals surface area contributed by atoms with Crippen LogP contribution in [0.5, 0.6) is 0 Å². The molecule has 1 aromatic rings. The van der Waals surface area contributed by atoms with Crippen LogP contribution in [-0.2, 0) is 0 Å². The lowest BCUT2D eigenvalue weighted by Gasteiger charge is -2.28. The molecule has 1 heterocycles. The van der Waals surface area contributed by atoms with Crippen LogP contribution >= 0.6 is 0 Å². The molecule has 1 aromatic heterocycles. The molecular weight excluding hydrogens is 212 g/mol. The maximum atomic E-state index is 5.74. The first-order valence-electron chi connectivity index (χ1n) is 6.75. The van der Waals surface area contributed by atoms with Crippen LogP contribution < -0.4 is 5.73 Å². The van der Waals surface area contributed by atoms with E-state index in [9.17, 15) is 0 Å². The van der Waals surface area contributed by atoms with Gasteiger partial charge in [0.05, 0.1) is 0 Å². The van der Waals surface area contributed by atoms with Crippen molar-refractivity contribution in [1.82, 2.24) is 14.8 Å². The average molecular weight is 236 g/mol. The van der Waals surface area contributed by atoms with E-state index in [1.165, 1.54) is 31.5 Å². The Morgan fingerprint density at radius 3 is 2.41 bits per heavy atom. The summed E-state index contributed by atoms with van der Waals surface area (Å²) < 4.78 is 2.29. The Balaban J connectivity index is 2.13. The van der Waals surface area contributed by atoms with Crippen LogP contribution in [0.1, 0.15) is 63.1 Å². The maximum Gasteiger partial charge on any atom is 0.136 e. The molecule has 0 radical (unpaired) electrons. The smallest absolute Gasteiger partial charge is 0.136 e. The molecule has 1 aliphatic carbocycles. The van der Waals surface area contributed by atoms with Gasteiger partial charge in [0, 0.05) is 12.0 Å². The summed E-state index contributed by atoms with van der Waals surface area (Å²) in [4.78, 5) is 0. The van der Waals surface area contributed by atoms with Gasteiger partial charge in [-0.1, -0.05) is 0 Å². The second-order valence-electron chi connectivity index (χ2n) is 5.52. The van der Waals surface area contributed by atoms with Crippen molar-refractivity contribution >= 4 is 0 Å². The van der Waals surface area contributed by atoms with E-state index in [0.29, 0.717) is 12.0 Å². The zero-order chi connectivity index (χ0) is 12.4. The summed E-state index contributed by atoms with van der Waals surface area (Å²) in [6, 6.07) is 0.451. The standard InChI is InChI=1S/C13H24N4/c1-9(2)17-10(3)15-16-13(17)12-6-4-11(8-14)5-7-12/h9,11-12H,4-8,14H2,1-3H3. The summed E-state index contributed by atoms with van der Waals surface area (Å²) in [5.74, 6) is 3.54. The summed E-state index contributed by atoms with van der Waals surface area (Å²) in [5.41, 5.74) is 5.74. The molecule has 0 aliphatic heterocycles. The fraction of sp³-hybridized carbons (Fsp3) is 0.846. The molecule has 0 aromatic carbocycles. The number of hydrogen-bond donors (Lipinski definition) is 1. The topological polar surface area (TPSA) is 56.7 Å². The lowest BCUT2D eigenvalue weighted by molar-refractivity contribution is 0.317. The summed E-state index contributed by atoms with van der Waals surface area (Å²) in [7, 11) is 0. The van der Waals surface area contributed by atoms with E-state index in [1.807, 2.05) is 6.92 Å². The first-order chi connectivity index (χ1) is 8.13. The molecule has 2 rings (SSSR count). The minimum Gasteiger partial charge on any atom is -0.330 e. The van der Waals surface area contributed by atoms with Gasteiger partial charge < -0.3 is 10.3 Å². The van der Waals surface area contributed by atoms with Crippen LogP contribution in [0, 0.1) is 12.8 Å². The third kappa shape index (κ3) is 2.51. The van der Waals surface area contributed by atoms with Gasteiger partial charge in [-0.15, -0.1) is 10.2 Å². The Kier molecular flexibility index (Phi) is 3.82. The third-order valence-electron chi connectivity index (χ3n) is 3.95. The summed E-state index contributed by atoms with van der Waals surface area (Å²) in [6.07, 6.45) is 4.91. The second-order valence-corrected chi connectivity index (χ2v) is 5.52. The minimum absolute atomic E-state index is 0.451. The van der Waals surface area contributed by atoms with Crippen molar-refractivity contribution in [2.45, 2.75) is 58.4 Å². The van der Waals surface area contributed by atoms with E-state index < -0.39 is 0 Å². The van der Waals surface area contributed by atoms with E-state index in [1.54, 1.807) is 0 Å². The normalized spacial score (nSPS) is 25.5. The van der Waals surface area contributed by atoms with Gasteiger partial charge in [0.15, 0.2) is 0 Å². The van der Waals surface area contributed by atoms with Crippen molar-refractivity contribution < 1.29 is 0 Å².